The number of nitrogens with one attached hydrogen (secondary N) is 1. The number of halogens is 2. The summed E-state index contributed by atoms with van der Waals surface area (Å²) in [4.78, 5) is 10.0. The number of nitrogens with zero attached hydrogens (tertiary/aromatic N) is 4. The summed E-state index contributed by atoms with van der Waals surface area (Å²) in [6.07, 6.45) is 0.772. The zero-order chi connectivity index (χ0) is 40.7. The molecule has 1 saturated carbocycles. The molecule has 55 heavy (non-hydrogen) atoms. The van der Waals surface area contributed by atoms with E-state index in [1.165, 1.54) is 0 Å². The highest BCUT2D eigenvalue weighted by atomic mass is 32.2. The van der Waals surface area contributed by atoms with Crippen molar-refractivity contribution >= 4 is 38.9 Å². The van der Waals surface area contributed by atoms with Gasteiger partial charge in [-0.05, 0) is 112 Å². The molecule has 3 heterocycles. The number of hydrogen-bond donors (Lipinski definition) is 1. The van der Waals surface area contributed by atoms with Crippen molar-refractivity contribution in [2.45, 2.75) is 141 Å². The van der Waals surface area contributed by atoms with Gasteiger partial charge in [0.15, 0.2) is 22.5 Å². The second kappa shape index (κ2) is 16.3. The summed E-state index contributed by atoms with van der Waals surface area (Å²) in [6, 6.07) is 14.9. The first-order valence-corrected chi connectivity index (χ1v) is 26.2. The van der Waals surface area contributed by atoms with Crippen molar-refractivity contribution in [3.05, 3.63) is 66.1 Å². The van der Waals surface area contributed by atoms with Crippen molar-refractivity contribution in [2.24, 2.45) is 5.92 Å². The number of aromatic nitrogens is 4. The van der Waals surface area contributed by atoms with Crippen LogP contribution in [0.5, 0.6) is 5.75 Å². The lowest BCUT2D eigenvalue weighted by Gasteiger charge is -2.46. The standard InChI is InChI=1S/C41H61F2N5O4SSi2/c1-39(2,3)53(49)47-38(28-20-30(21-28)52-55(12,13)41(7,8)9)33-18-15-17-32(46-33)27-22-34-31(35(23-27)50-26-36(42)43)24-44-48(34)37-19-14-16-29(45-37)25-51-54(10,11)40(4,5)6/h14-19,22-24,28,30,36,38,47H,20-21,25-26H2,1-13H3/t28?,30?,38-,53+/m0/s1. The van der Waals surface area contributed by atoms with E-state index < -0.39 is 45.8 Å². The average Bonchev–Trinajstić information content (AvgIpc) is 3.50. The van der Waals surface area contributed by atoms with E-state index in [4.69, 9.17) is 23.6 Å². The Bertz CT molecular complexity index is 1930. The van der Waals surface area contributed by atoms with Crippen LogP contribution in [0.2, 0.25) is 36.3 Å². The van der Waals surface area contributed by atoms with Gasteiger partial charge in [-0.3, -0.25) is 4.98 Å². The van der Waals surface area contributed by atoms with Crippen LogP contribution in [-0.4, -0.2) is 64.8 Å². The summed E-state index contributed by atoms with van der Waals surface area (Å²) >= 11 is -1.35. The lowest BCUT2D eigenvalue weighted by atomic mass is 9.76. The molecular formula is C41H61F2N5O4SSi2. The van der Waals surface area contributed by atoms with E-state index in [0.717, 1.165) is 24.2 Å². The minimum absolute atomic E-state index is 0.0539. The van der Waals surface area contributed by atoms with E-state index >= 15 is 0 Å². The van der Waals surface area contributed by atoms with Gasteiger partial charge in [0, 0.05) is 23.0 Å². The van der Waals surface area contributed by atoms with Crippen LogP contribution in [0.1, 0.15) is 92.6 Å². The molecule has 14 heteroatoms. The van der Waals surface area contributed by atoms with Gasteiger partial charge in [0.05, 0.1) is 46.8 Å². The molecule has 0 spiro atoms. The lowest BCUT2D eigenvalue weighted by Crippen LogP contribution is -2.51. The Kier molecular flexibility index (Phi) is 12.8. The monoisotopic (exact) mass is 813 g/mol. The molecule has 0 amide bonds. The Labute approximate surface area is 331 Å². The summed E-state index contributed by atoms with van der Waals surface area (Å²) in [7, 11) is -3.97. The molecule has 1 fully saturated rings. The Morgan fingerprint density at radius 2 is 1.56 bits per heavy atom. The number of ether oxygens (including phenoxy) is 1. The fourth-order valence-electron chi connectivity index (χ4n) is 5.88. The van der Waals surface area contributed by atoms with Gasteiger partial charge in [-0.15, -0.1) is 4.72 Å². The van der Waals surface area contributed by atoms with Gasteiger partial charge in [-0.1, -0.05) is 53.7 Å². The summed E-state index contributed by atoms with van der Waals surface area (Å²) in [5.41, 5.74) is 3.45. The minimum Gasteiger partial charge on any atom is -0.598 e. The second-order valence-corrected chi connectivity index (χ2v) is 30.4. The zero-order valence-corrected chi connectivity index (χ0v) is 37.7. The van der Waals surface area contributed by atoms with E-state index in [1.54, 1.807) is 16.9 Å². The maximum atomic E-state index is 13.6. The van der Waals surface area contributed by atoms with Gasteiger partial charge < -0.3 is 18.1 Å². The van der Waals surface area contributed by atoms with E-state index in [0.29, 0.717) is 34.6 Å². The molecular weight excluding hydrogens is 753 g/mol. The fraction of sp³-hybridized carbons (Fsp3) is 0.585. The molecule has 2 atom stereocenters. The number of pyridine rings is 2. The van der Waals surface area contributed by atoms with Gasteiger partial charge in [0.1, 0.15) is 17.1 Å². The molecule has 3 aromatic heterocycles. The van der Waals surface area contributed by atoms with Crippen LogP contribution in [0.15, 0.2) is 54.7 Å². The molecule has 1 N–H and O–H groups in total. The molecule has 302 valence electrons. The molecule has 0 unspecified atom stereocenters. The highest BCUT2D eigenvalue weighted by molar-refractivity contribution is 7.90. The number of fused-ring (bicyclic) bond motifs is 1. The van der Waals surface area contributed by atoms with E-state index in [-0.39, 0.29) is 33.9 Å². The molecule has 5 rings (SSSR count). The second-order valence-electron chi connectivity index (χ2n) is 18.9. The normalized spacial score (nSPS) is 18.4. The van der Waals surface area contributed by atoms with Gasteiger partial charge in [-0.2, -0.15) is 5.10 Å². The van der Waals surface area contributed by atoms with Crippen LogP contribution in [0.3, 0.4) is 0 Å². The third-order valence-corrected chi connectivity index (χ3v) is 22.1. The topological polar surface area (TPSA) is 106 Å². The van der Waals surface area contributed by atoms with E-state index in [1.807, 2.05) is 63.2 Å². The lowest BCUT2D eigenvalue weighted by molar-refractivity contribution is 0.0365. The van der Waals surface area contributed by atoms with E-state index in [9.17, 15) is 13.3 Å². The van der Waals surface area contributed by atoms with Gasteiger partial charge in [-0.25, -0.2) is 18.4 Å². The Balaban J connectivity index is 1.51. The Morgan fingerprint density at radius 1 is 0.909 bits per heavy atom. The Morgan fingerprint density at radius 3 is 2.18 bits per heavy atom. The molecule has 1 aliphatic carbocycles. The van der Waals surface area contributed by atoms with Crippen molar-refractivity contribution in [3.8, 4) is 22.8 Å². The molecule has 1 aliphatic rings. The van der Waals surface area contributed by atoms with Crippen LogP contribution in [0.4, 0.5) is 8.78 Å². The number of hydrogen-bond acceptors (Lipinski definition) is 8. The molecule has 0 bridgehead atoms. The van der Waals surface area contributed by atoms with Crippen molar-refractivity contribution in [1.29, 1.82) is 0 Å². The summed E-state index contributed by atoms with van der Waals surface area (Å²) < 4.78 is 64.1. The molecule has 0 saturated heterocycles. The zero-order valence-electron chi connectivity index (χ0n) is 34.9. The first-order valence-electron chi connectivity index (χ1n) is 19.2. The first kappa shape index (κ1) is 43.4. The molecule has 0 radical (unpaired) electrons. The smallest absolute Gasteiger partial charge is 0.272 e. The van der Waals surface area contributed by atoms with Crippen LogP contribution in [0, 0.1) is 5.92 Å². The third-order valence-electron chi connectivity index (χ3n) is 11.5. The van der Waals surface area contributed by atoms with Crippen molar-refractivity contribution in [1.82, 2.24) is 24.5 Å². The predicted octanol–water partition coefficient (Wildman–Crippen LogP) is 10.5. The molecule has 4 aromatic rings. The minimum atomic E-state index is -2.66. The summed E-state index contributed by atoms with van der Waals surface area (Å²) in [6.45, 7) is 27.8. The quantitative estimate of drug-likeness (QED) is 0.0991. The highest BCUT2D eigenvalue weighted by Gasteiger charge is 2.46. The third kappa shape index (κ3) is 10.2. The van der Waals surface area contributed by atoms with Gasteiger partial charge in [0.2, 0.25) is 0 Å². The van der Waals surface area contributed by atoms with Crippen LogP contribution < -0.4 is 9.46 Å². The Hall–Kier alpha value is -2.73. The van der Waals surface area contributed by atoms with Crippen LogP contribution in [-0.2, 0) is 26.8 Å². The molecule has 9 nitrogen and oxygen atoms in total. The largest absolute Gasteiger partial charge is 0.598 e. The van der Waals surface area contributed by atoms with Gasteiger partial charge in [0.25, 0.3) is 6.43 Å². The van der Waals surface area contributed by atoms with Crippen molar-refractivity contribution in [3.63, 3.8) is 0 Å². The maximum Gasteiger partial charge on any atom is 0.272 e. The number of alkyl halides is 2. The highest BCUT2D eigenvalue weighted by Crippen LogP contribution is 2.46. The number of rotatable bonds is 14. The van der Waals surface area contributed by atoms with Crippen molar-refractivity contribution < 1.29 is 26.9 Å². The van der Waals surface area contributed by atoms with Gasteiger partial charge >= 0.3 is 0 Å². The average molecular weight is 814 g/mol. The number of benzene rings is 1. The van der Waals surface area contributed by atoms with Crippen LogP contribution >= 0.6 is 0 Å². The predicted molar refractivity (Wildman–Crippen MR) is 224 cm³/mol. The van der Waals surface area contributed by atoms with Crippen molar-refractivity contribution in [2.75, 3.05) is 6.61 Å². The first-order chi connectivity index (χ1) is 25.4. The maximum absolute atomic E-state index is 13.6. The SMILES string of the molecule is CC(C)(C)[S@@+]([O-])N[C@H](c1cccc(-c2cc(OCC(F)F)c3cnn(-c4cccc(CO[Si](C)(C)C(C)(C)C)n4)c3c2)n1)C1CC(O[Si](C)(C)C(C)(C)C)C1. The summed E-state index contributed by atoms with van der Waals surface area (Å²) in [5.74, 6) is 1.01. The fourth-order valence-corrected chi connectivity index (χ4v) is 9.10. The molecule has 1 aromatic carbocycles. The summed E-state index contributed by atoms with van der Waals surface area (Å²) in [5, 5.41) is 5.38. The van der Waals surface area contributed by atoms with E-state index in [2.05, 4.69) is 77.6 Å². The van der Waals surface area contributed by atoms with Crippen LogP contribution in [0.25, 0.3) is 28.0 Å². The molecule has 0 aliphatic heterocycles.